The highest BCUT2D eigenvalue weighted by Gasteiger charge is 1.99. The molecule has 1 N–H and O–H groups in total. The summed E-state index contributed by atoms with van der Waals surface area (Å²) in [6, 6.07) is 0. The zero-order chi connectivity index (χ0) is 8.69. The molecule has 11 heavy (non-hydrogen) atoms. The van der Waals surface area contributed by atoms with Crippen molar-refractivity contribution >= 4 is 15.9 Å². The van der Waals surface area contributed by atoms with E-state index in [1.165, 1.54) is 0 Å². The van der Waals surface area contributed by atoms with E-state index in [4.69, 9.17) is 4.74 Å². The van der Waals surface area contributed by atoms with Gasteiger partial charge in [0.15, 0.2) is 0 Å². The highest BCUT2D eigenvalue weighted by Crippen LogP contribution is 1.93. The van der Waals surface area contributed by atoms with Crippen molar-refractivity contribution < 1.29 is 9.84 Å². The third kappa shape index (κ3) is 8.04. The second kappa shape index (κ2) is 6.83. The molecule has 0 bridgehead atoms. The van der Waals surface area contributed by atoms with Crippen LogP contribution >= 0.6 is 15.9 Å². The molecule has 0 heterocycles. The van der Waals surface area contributed by atoms with Gasteiger partial charge in [-0.2, -0.15) is 0 Å². The molecule has 0 aromatic heterocycles. The molecule has 0 aliphatic heterocycles. The molecule has 0 amide bonds. The van der Waals surface area contributed by atoms with Crippen molar-refractivity contribution in [2.45, 2.75) is 26.1 Å². The van der Waals surface area contributed by atoms with Gasteiger partial charge in [-0.15, -0.1) is 0 Å². The number of halogens is 1. The molecule has 1 unspecified atom stereocenters. The van der Waals surface area contributed by atoms with Crippen molar-refractivity contribution in [3.8, 4) is 0 Å². The van der Waals surface area contributed by atoms with Crippen LogP contribution in [0.25, 0.3) is 0 Å². The van der Waals surface area contributed by atoms with Crippen LogP contribution in [0.1, 0.15) is 13.8 Å². The number of allylic oxidation sites excluding steroid dienone is 1. The van der Waals surface area contributed by atoms with E-state index in [9.17, 15) is 5.11 Å². The van der Waals surface area contributed by atoms with Gasteiger partial charge in [-0.05, 0) is 13.8 Å². The maximum Gasteiger partial charge on any atom is 0.0954 e. The summed E-state index contributed by atoms with van der Waals surface area (Å²) < 4.78 is 5.18. The first kappa shape index (κ1) is 11.1. The Morgan fingerprint density at radius 2 is 2.18 bits per heavy atom. The van der Waals surface area contributed by atoms with Crippen LogP contribution in [0.5, 0.6) is 0 Å². The van der Waals surface area contributed by atoms with Gasteiger partial charge < -0.3 is 9.84 Å². The van der Waals surface area contributed by atoms with Crippen molar-refractivity contribution in [2.24, 2.45) is 0 Å². The zero-order valence-corrected chi connectivity index (χ0v) is 8.54. The average Bonchev–Trinajstić information content (AvgIpc) is 1.97. The summed E-state index contributed by atoms with van der Waals surface area (Å²) >= 11 is 3.22. The van der Waals surface area contributed by atoms with Crippen LogP contribution in [0, 0.1) is 0 Å². The van der Waals surface area contributed by atoms with Crippen LogP contribution < -0.4 is 0 Å². The van der Waals surface area contributed by atoms with Crippen LogP contribution in [0.4, 0.5) is 0 Å². The van der Waals surface area contributed by atoms with E-state index < -0.39 is 6.10 Å². The number of alkyl halides is 1. The largest absolute Gasteiger partial charge is 0.387 e. The molecule has 0 aliphatic rings. The van der Waals surface area contributed by atoms with E-state index in [0.29, 0.717) is 6.61 Å². The molecule has 0 aliphatic carbocycles. The Bertz CT molecular complexity index is 113. The molecule has 66 valence electrons. The van der Waals surface area contributed by atoms with E-state index >= 15 is 0 Å². The highest BCUT2D eigenvalue weighted by atomic mass is 79.9. The van der Waals surface area contributed by atoms with Gasteiger partial charge in [0.05, 0.1) is 18.8 Å². The Labute approximate surface area is 76.4 Å². The third-order valence-corrected chi connectivity index (χ3v) is 1.42. The number of aliphatic hydroxyl groups is 1. The van der Waals surface area contributed by atoms with E-state index in [1.807, 2.05) is 19.9 Å². The standard InChI is InChI=1S/C8H15BrO2/c1-7(2)11-6-8(10)4-3-5-9/h3-4,7-8,10H,5-6H2,1-2H3. The monoisotopic (exact) mass is 222 g/mol. The van der Waals surface area contributed by atoms with Crippen molar-refractivity contribution in [3.05, 3.63) is 12.2 Å². The fraction of sp³-hybridized carbons (Fsp3) is 0.750. The second-order valence-corrected chi connectivity index (χ2v) is 3.18. The molecular weight excluding hydrogens is 208 g/mol. The zero-order valence-electron chi connectivity index (χ0n) is 6.96. The van der Waals surface area contributed by atoms with Gasteiger partial charge >= 0.3 is 0 Å². The topological polar surface area (TPSA) is 29.5 Å². The Morgan fingerprint density at radius 3 is 2.64 bits per heavy atom. The number of ether oxygens (including phenoxy) is 1. The Kier molecular flexibility index (Phi) is 6.91. The normalized spacial score (nSPS) is 14.6. The molecule has 2 nitrogen and oxygen atoms in total. The smallest absolute Gasteiger partial charge is 0.0954 e. The van der Waals surface area contributed by atoms with Gasteiger partial charge in [-0.1, -0.05) is 28.1 Å². The second-order valence-electron chi connectivity index (χ2n) is 2.53. The number of rotatable bonds is 5. The lowest BCUT2D eigenvalue weighted by atomic mass is 10.3. The average molecular weight is 223 g/mol. The minimum Gasteiger partial charge on any atom is -0.387 e. The molecule has 0 saturated carbocycles. The molecular formula is C8H15BrO2. The minimum absolute atomic E-state index is 0.182. The summed E-state index contributed by atoms with van der Waals surface area (Å²) in [7, 11) is 0. The maximum absolute atomic E-state index is 9.20. The van der Waals surface area contributed by atoms with Gasteiger partial charge in [-0.25, -0.2) is 0 Å². The number of hydrogen-bond acceptors (Lipinski definition) is 2. The van der Waals surface area contributed by atoms with E-state index in [1.54, 1.807) is 6.08 Å². The molecule has 3 heteroatoms. The van der Waals surface area contributed by atoms with Gasteiger partial charge in [0.2, 0.25) is 0 Å². The Balaban J connectivity index is 3.36. The first-order chi connectivity index (χ1) is 5.16. The molecule has 0 fully saturated rings. The first-order valence-corrected chi connectivity index (χ1v) is 4.81. The molecule has 0 saturated heterocycles. The summed E-state index contributed by atoms with van der Waals surface area (Å²) in [5.74, 6) is 0. The molecule has 0 aromatic carbocycles. The number of hydrogen-bond donors (Lipinski definition) is 1. The van der Waals surface area contributed by atoms with E-state index in [-0.39, 0.29) is 6.10 Å². The lowest BCUT2D eigenvalue weighted by Crippen LogP contribution is -2.15. The predicted molar refractivity (Wildman–Crippen MR) is 50.0 cm³/mol. The van der Waals surface area contributed by atoms with Gasteiger partial charge in [0.25, 0.3) is 0 Å². The van der Waals surface area contributed by atoms with Crippen molar-refractivity contribution in [1.29, 1.82) is 0 Å². The summed E-state index contributed by atoms with van der Waals surface area (Å²) in [5, 5.41) is 9.97. The summed E-state index contributed by atoms with van der Waals surface area (Å²) in [4.78, 5) is 0. The fourth-order valence-corrected chi connectivity index (χ4v) is 0.771. The molecule has 0 radical (unpaired) electrons. The highest BCUT2D eigenvalue weighted by molar-refractivity contribution is 9.09. The molecule has 0 spiro atoms. The van der Waals surface area contributed by atoms with Crippen LogP contribution in [0.2, 0.25) is 0 Å². The molecule has 0 rings (SSSR count). The summed E-state index contributed by atoms with van der Waals surface area (Å²) in [5.41, 5.74) is 0. The fourth-order valence-electron chi connectivity index (χ4n) is 0.555. The lowest BCUT2D eigenvalue weighted by Gasteiger charge is -2.09. The summed E-state index contributed by atoms with van der Waals surface area (Å²) in [6.45, 7) is 4.27. The third-order valence-electron chi connectivity index (χ3n) is 1.05. The summed E-state index contributed by atoms with van der Waals surface area (Å²) in [6.07, 6.45) is 3.28. The van der Waals surface area contributed by atoms with Gasteiger partial charge in [-0.3, -0.25) is 0 Å². The number of aliphatic hydroxyl groups excluding tert-OH is 1. The van der Waals surface area contributed by atoms with Crippen molar-refractivity contribution in [1.82, 2.24) is 0 Å². The lowest BCUT2D eigenvalue weighted by molar-refractivity contribution is 0.0239. The van der Waals surface area contributed by atoms with E-state index in [0.717, 1.165) is 5.33 Å². The van der Waals surface area contributed by atoms with Crippen LogP contribution in [0.15, 0.2) is 12.2 Å². The molecule has 1 atom stereocenters. The van der Waals surface area contributed by atoms with Crippen molar-refractivity contribution in [3.63, 3.8) is 0 Å². The first-order valence-electron chi connectivity index (χ1n) is 3.69. The van der Waals surface area contributed by atoms with Crippen LogP contribution in [-0.4, -0.2) is 29.3 Å². The predicted octanol–water partition coefficient (Wildman–Crippen LogP) is 1.72. The van der Waals surface area contributed by atoms with Crippen LogP contribution in [-0.2, 0) is 4.74 Å². The van der Waals surface area contributed by atoms with Crippen LogP contribution in [0.3, 0.4) is 0 Å². The molecule has 0 aromatic rings. The SMILES string of the molecule is CC(C)OCC(O)C=CCBr. The van der Waals surface area contributed by atoms with Gasteiger partial charge in [0.1, 0.15) is 0 Å². The quantitative estimate of drug-likeness (QED) is 0.568. The van der Waals surface area contributed by atoms with Gasteiger partial charge in [0, 0.05) is 5.33 Å². The minimum atomic E-state index is -0.477. The van der Waals surface area contributed by atoms with E-state index in [2.05, 4.69) is 15.9 Å². The maximum atomic E-state index is 9.20. The Hall–Kier alpha value is 0.140. The van der Waals surface area contributed by atoms with Crippen molar-refractivity contribution in [2.75, 3.05) is 11.9 Å². The Morgan fingerprint density at radius 1 is 1.55 bits per heavy atom.